The smallest absolute Gasteiger partial charge is 0.274 e. The molecule has 0 aromatic heterocycles. The van der Waals surface area contributed by atoms with Crippen LogP contribution < -0.4 is 14.4 Å². The number of nitrogens with zero attached hydrogens (tertiary/aromatic N) is 2. The van der Waals surface area contributed by atoms with Crippen LogP contribution in [-0.4, -0.2) is 39.2 Å². The molecule has 10 heteroatoms. The van der Waals surface area contributed by atoms with Gasteiger partial charge in [0.25, 0.3) is 5.69 Å². The lowest BCUT2D eigenvalue weighted by Gasteiger charge is -2.25. The fourth-order valence-electron chi connectivity index (χ4n) is 3.37. The van der Waals surface area contributed by atoms with Gasteiger partial charge >= 0.3 is 0 Å². The van der Waals surface area contributed by atoms with Gasteiger partial charge in [0.2, 0.25) is 15.9 Å². The zero-order valence-electron chi connectivity index (χ0n) is 18.2. The molecule has 9 nitrogen and oxygen atoms in total. The molecular formula is C21H27N3O6S. The number of hydrogen-bond donors (Lipinski definition) is 1. The molecule has 1 N–H and O–H groups in total. The average molecular weight is 450 g/mol. The highest BCUT2D eigenvalue weighted by Gasteiger charge is 2.26. The maximum atomic E-state index is 12.8. The largest absolute Gasteiger partial charge is 0.496 e. The molecule has 1 atom stereocenters. The minimum absolute atomic E-state index is 0.0974. The second kappa shape index (κ2) is 9.78. The quantitative estimate of drug-likeness (QED) is 0.464. The van der Waals surface area contributed by atoms with Crippen molar-refractivity contribution in [1.29, 1.82) is 0 Å². The topological polar surface area (TPSA) is 119 Å². The molecule has 0 spiro atoms. The van der Waals surface area contributed by atoms with E-state index in [1.165, 1.54) is 25.1 Å². The average Bonchev–Trinajstić information content (AvgIpc) is 2.69. The van der Waals surface area contributed by atoms with Gasteiger partial charge in [-0.1, -0.05) is 25.1 Å². The maximum absolute atomic E-state index is 12.8. The van der Waals surface area contributed by atoms with Crippen molar-refractivity contribution in [2.75, 3.05) is 24.2 Å². The molecule has 0 aliphatic rings. The number of ether oxygens (including phenoxy) is 1. The summed E-state index contributed by atoms with van der Waals surface area (Å²) in [5.74, 6) is 0.214. The Bertz CT molecular complexity index is 1080. The first-order valence-electron chi connectivity index (χ1n) is 9.65. The lowest BCUT2D eigenvalue weighted by Crippen LogP contribution is -2.41. The third-order valence-corrected chi connectivity index (χ3v) is 6.12. The molecule has 168 valence electrons. The summed E-state index contributed by atoms with van der Waals surface area (Å²) in [6, 6.07) is 9.37. The number of rotatable bonds is 9. The van der Waals surface area contributed by atoms with E-state index in [1.54, 1.807) is 7.11 Å². The molecule has 0 saturated carbocycles. The molecule has 2 rings (SSSR count). The van der Waals surface area contributed by atoms with E-state index < -0.39 is 27.4 Å². The standard InChI is InChI=1S/C21H27N3O6S/c1-6-17(16-10-11-20(30-4)14(2)12-16)22-21(25)13-23(31(5,28)29)18-8-7-9-19(15(18)3)24(26)27/h7-12,17H,6,13H2,1-5H3,(H,22,25)/t17-/m0/s1. The lowest BCUT2D eigenvalue weighted by molar-refractivity contribution is -0.385. The van der Waals surface area contributed by atoms with Crippen molar-refractivity contribution in [2.24, 2.45) is 0 Å². The summed E-state index contributed by atoms with van der Waals surface area (Å²) in [6.45, 7) is 4.77. The van der Waals surface area contributed by atoms with Crippen molar-refractivity contribution in [2.45, 2.75) is 33.2 Å². The van der Waals surface area contributed by atoms with Crippen LogP contribution in [0.2, 0.25) is 0 Å². The van der Waals surface area contributed by atoms with Crippen LogP contribution in [0.15, 0.2) is 36.4 Å². The third-order valence-electron chi connectivity index (χ3n) is 4.99. The van der Waals surface area contributed by atoms with Gasteiger partial charge in [0, 0.05) is 6.07 Å². The van der Waals surface area contributed by atoms with Gasteiger partial charge in [-0.05, 0) is 43.5 Å². The molecule has 0 unspecified atom stereocenters. The van der Waals surface area contributed by atoms with E-state index in [9.17, 15) is 23.3 Å². The minimum atomic E-state index is -3.87. The number of carbonyl (C=O) groups is 1. The van der Waals surface area contributed by atoms with Gasteiger partial charge < -0.3 is 10.1 Å². The number of nitrogens with one attached hydrogen (secondary N) is 1. The lowest BCUT2D eigenvalue weighted by atomic mass is 10.0. The summed E-state index contributed by atoms with van der Waals surface area (Å²) in [4.78, 5) is 23.4. The number of amides is 1. The van der Waals surface area contributed by atoms with Crippen molar-refractivity contribution in [3.8, 4) is 5.75 Å². The highest BCUT2D eigenvalue weighted by atomic mass is 32.2. The van der Waals surface area contributed by atoms with E-state index in [0.717, 1.165) is 27.4 Å². The molecule has 0 aliphatic heterocycles. The first-order chi connectivity index (χ1) is 14.5. The van der Waals surface area contributed by atoms with E-state index in [4.69, 9.17) is 4.74 Å². The van der Waals surface area contributed by atoms with E-state index >= 15 is 0 Å². The van der Waals surface area contributed by atoms with Crippen LogP contribution in [0.4, 0.5) is 11.4 Å². The molecule has 1 amide bonds. The van der Waals surface area contributed by atoms with Crippen molar-refractivity contribution >= 4 is 27.3 Å². The minimum Gasteiger partial charge on any atom is -0.496 e. The van der Waals surface area contributed by atoms with Gasteiger partial charge in [-0.3, -0.25) is 19.2 Å². The number of sulfonamides is 1. The fraction of sp³-hybridized carbons (Fsp3) is 0.381. The van der Waals surface area contributed by atoms with Crippen LogP contribution in [0, 0.1) is 24.0 Å². The van der Waals surface area contributed by atoms with Crippen LogP contribution >= 0.6 is 0 Å². The number of aryl methyl sites for hydroxylation is 1. The second-order valence-electron chi connectivity index (χ2n) is 7.21. The van der Waals surface area contributed by atoms with Crippen LogP contribution in [0.3, 0.4) is 0 Å². The Morgan fingerprint density at radius 3 is 2.45 bits per heavy atom. The van der Waals surface area contributed by atoms with Crippen LogP contribution in [-0.2, 0) is 14.8 Å². The number of benzene rings is 2. The monoisotopic (exact) mass is 449 g/mol. The number of nitro groups is 1. The molecule has 31 heavy (non-hydrogen) atoms. The van der Waals surface area contributed by atoms with Gasteiger partial charge in [0.15, 0.2) is 0 Å². The first kappa shape index (κ1) is 24.1. The van der Waals surface area contributed by atoms with Crippen molar-refractivity contribution in [3.05, 3.63) is 63.2 Å². The summed E-state index contributed by atoms with van der Waals surface area (Å²) in [5.41, 5.74) is 1.83. The molecule has 2 aromatic carbocycles. The predicted molar refractivity (Wildman–Crippen MR) is 119 cm³/mol. The first-order valence-corrected chi connectivity index (χ1v) is 11.5. The molecule has 0 fully saturated rings. The normalized spacial score (nSPS) is 12.2. The molecule has 0 bridgehead atoms. The summed E-state index contributed by atoms with van der Waals surface area (Å²) >= 11 is 0. The Morgan fingerprint density at radius 2 is 1.94 bits per heavy atom. The molecule has 0 radical (unpaired) electrons. The van der Waals surface area contributed by atoms with Gasteiger partial charge in [0.05, 0.1) is 35.6 Å². The molecule has 0 aliphatic carbocycles. The van der Waals surface area contributed by atoms with E-state index in [1.807, 2.05) is 32.0 Å². The SMILES string of the molecule is CC[C@H](NC(=O)CN(c1cccc([N+](=O)[O-])c1C)S(C)(=O)=O)c1ccc(OC)c(C)c1. The van der Waals surface area contributed by atoms with Crippen LogP contribution in [0.5, 0.6) is 5.75 Å². The van der Waals surface area contributed by atoms with Gasteiger partial charge in [-0.2, -0.15) is 0 Å². The van der Waals surface area contributed by atoms with Crippen LogP contribution in [0.1, 0.15) is 36.1 Å². The zero-order chi connectivity index (χ0) is 23.3. The van der Waals surface area contributed by atoms with Gasteiger partial charge in [-0.25, -0.2) is 8.42 Å². The Hall–Kier alpha value is -3.14. The molecule has 0 saturated heterocycles. The Morgan fingerprint density at radius 1 is 1.26 bits per heavy atom. The second-order valence-corrected chi connectivity index (χ2v) is 9.11. The van der Waals surface area contributed by atoms with Gasteiger partial charge in [-0.15, -0.1) is 0 Å². The zero-order valence-corrected chi connectivity index (χ0v) is 19.0. The number of anilines is 1. The summed E-state index contributed by atoms with van der Waals surface area (Å²) in [7, 11) is -2.29. The Balaban J connectivity index is 2.30. The summed E-state index contributed by atoms with van der Waals surface area (Å²) in [6.07, 6.45) is 1.55. The van der Waals surface area contributed by atoms with Crippen LogP contribution in [0.25, 0.3) is 0 Å². The van der Waals surface area contributed by atoms with Crippen molar-refractivity contribution in [1.82, 2.24) is 5.32 Å². The van der Waals surface area contributed by atoms with E-state index in [-0.39, 0.29) is 23.0 Å². The van der Waals surface area contributed by atoms with Gasteiger partial charge in [0.1, 0.15) is 12.3 Å². The van der Waals surface area contributed by atoms with E-state index in [2.05, 4.69) is 5.32 Å². The number of carbonyl (C=O) groups excluding carboxylic acids is 1. The molecule has 0 heterocycles. The third kappa shape index (κ3) is 5.72. The maximum Gasteiger partial charge on any atom is 0.274 e. The summed E-state index contributed by atoms with van der Waals surface area (Å²) < 4.78 is 31.0. The fourth-order valence-corrected chi connectivity index (χ4v) is 4.28. The highest BCUT2D eigenvalue weighted by molar-refractivity contribution is 7.92. The van der Waals surface area contributed by atoms with Crippen molar-refractivity contribution < 1.29 is 22.9 Å². The van der Waals surface area contributed by atoms with Crippen molar-refractivity contribution in [3.63, 3.8) is 0 Å². The Labute approximate surface area is 182 Å². The number of nitro benzene ring substituents is 1. The predicted octanol–water partition coefficient (Wildman–Crippen LogP) is 3.25. The Kier molecular flexibility index (Phi) is 7.61. The number of methoxy groups -OCH3 is 1. The molecule has 2 aromatic rings. The summed E-state index contributed by atoms with van der Waals surface area (Å²) in [5, 5.41) is 14.1. The number of hydrogen-bond acceptors (Lipinski definition) is 6. The van der Waals surface area contributed by atoms with E-state index in [0.29, 0.717) is 6.42 Å². The molecular weight excluding hydrogens is 422 g/mol. The highest BCUT2D eigenvalue weighted by Crippen LogP contribution is 2.30.